The molecule has 5 heteroatoms. The van der Waals surface area contributed by atoms with E-state index in [-0.39, 0.29) is 5.78 Å². The van der Waals surface area contributed by atoms with Gasteiger partial charge in [0.05, 0.1) is 4.88 Å². The predicted molar refractivity (Wildman–Crippen MR) is 79.5 cm³/mol. The second-order valence-electron chi connectivity index (χ2n) is 3.58. The fourth-order valence-corrected chi connectivity index (χ4v) is 4.02. The first-order chi connectivity index (χ1) is 8.60. The van der Waals surface area contributed by atoms with E-state index in [1.54, 1.807) is 0 Å². The van der Waals surface area contributed by atoms with Gasteiger partial charge < -0.3 is 0 Å². The molecule has 0 aliphatic carbocycles. The molecule has 1 heterocycles. The van der Waals surface area contributed by atoms with Crippen molar-refractivity contribution in [2.24, 2.45) is 0 Å². The lowest BCUT2D eigenvalue weighted by Crippen LogP contribution is -1.90. The summed E-state index contributed by atoms with van der Waals surface area (Å²) in [5.74, 6) is 0.125. The summed E-state index contributed by atoms with van der Waals surface area (Å²) in [6, 6.07) is 9.41. The van der Waals surface area contributed by atoms with Crippen LogP contribution in [0.25, 0.3) is 0 Å². The minimum absolute atomic E-state index is 0.125. The number of ketones is 1. The summed E-state index contributed by atoms with van der Waals surface area (Å²) in [6.07, 6.45) is 0.498. The zero-order valence-electron chi connectivity index (χ0n) is 9.57. The van der Waals surface area contributed by atoms with Crippen LogP contribution in [0.15, 0.2) is 40.1 Å². The molecule has 1 aromatic carbocycles. The van der Waals surface area contributed by atoms with Crippen LogP contribution in [0, 0.1) is 0 Å². The minimum Gasteiger partial charge on any atom is -0.293 e. The van der Waals surface area contributed by atoms with Crippen molar-refractivity contribution >= 4 is 52.1 Å². The third kappa shape index (κ3) is 3.29. The Morgan fingerprint density at radius 2 is 2.11 bits per heavy atom. The minimum atomic E-state index is 0.125. The maximum absolute atomic E-state index is 11.6. The average Bonchev–Trinajstić information content (AvgIpc) is 2.70. The predicted octanol–water partition coefficient (Wildman–Crippen LogP) is 5.80. The third-order valence-electron chi connectivity index (χ3n) is 2.28. The number of carbonyl (C=O) groups excluding carboxylic acids is 1. The Hall–Kier alpha value is -0.480. The van der Waals surface area contributed by atoms with Crippen molar-refractivity contribution in [2.45, 2.75) is 23.1 Å². The van der Waals surface area contributed by atoms with Gasteiger partial charge in [0.1, 0.15) is 4.34 Å². The van der Waals surface area contributed by atoms with Crippen LogP contribution < -0.4 is 0 Å². The zero-order valence-corrected chi connectivity index (χ0v) is 12.7. The molecule has 1 nitrogen and oxygen atoms in total. The fourth-order valence-electron chi connectivity index (χ4n) is 1.39. The fraction of sp³-hybridized carbons (Fsp3) is 0.154. The highest BCUT2D eigenvalue weighted by Crippen LogP contribution is 2.39. The largest absolute Gasteiger partial charge is 0.293 e. The van der Waals surface area contributed by atoms with Gasteiger partial charge in [0.25, 0.3) is 0 Å². The molecule has 18 heavy (non-hydrogen) atoms. The maximum Gasteiger partial charge on any atom is 0.172 e. The topological polar surface area (TPSA) is 17.1 Å². The Morgan fingerprint density at radius 3 is 2.78 bits per heavy atom. The van der Waals surface area contributed by atoms with Crippen molar-refractivity contribution < 1.29 is 4.79 Å². The van der Waals surface area contributed by atoms with Crippen LogP contribution in [0.5, 0.6) is 0 Å². The van der Waals surface area contributed by atoms with Gasteiger partial charge in [0.15, 0.2) is 5.78 Å². The molecular weight excluding hydrogens is 307 g/mol. The summed E-state index contributed by atoms with van der Waals surface area (Å²) in [7, 11) is 0. The number of hydrogen-bond donors (Lipinski definition) is 0. The highest BCUT2D eigenvalue weighted by Gasteiger charge is 2.13. The van der Waals surface area contributed by atoms with E-state index in [0.717, 1.165) is 9.79 Å². The molecule has 2 rings (SSSR count). The average molecular weight is 317 g/mol. The Balaban J connectivity index is 2.24. The number of halogens is 2. The van der Waals surface area contributed by atoms with Gasteiger partial charge in [-0.1, -0.05) is 48.0 Å². The molecule has 0 saturated heterocycles. The van der Waals surface area contributed by atoms with Crippen molar-refractivity contribution in [1.29, 1.82) is 0 Å². The summed E-state index contributed by atoms with van der Waals surface area (Å²) >= 11 is 14.9. The molecule has 0 aliphatic rings. The van der Waals surface area contributed by atoms with Crippen LogP contribution >= 0.6 is 46.3 Å². The summed E-state index contributed by atoms with van der Waals surface area (Å²) in [4.78, 5) is 14.2. The van der Waals surface area contributed by atoms with E-state index in [4.69, 9.17) is 23.2 Å². The lowest BCUT2D eigenvalue weighted by Gasteiger charge is -1.99. The highest BCUT2D eigenvalue weighted by molar-refractivity contribution is 7.99. The smallest absolute Gasteiger partial charge is 0.172 e. The Labute approximate surface area is 124 Å². The molecule has 0 saturated carbocycles. The quantitative estimate of drug-likeness (QED) is 0.663. The molecule has 1 aromatic heterocycles. The van der Waals surface area contributed by atoms with Gasteiger partial charge in [-0.15, -0.1) is 11.3 Å². The van der Waals surface area contributed by atoms with Crippen molar-refractivity contribution in [3.8, 4) is 0 Å². The van der Waals surface area contributed by atoms with Gasteiger partial charge in [-0.05, 0) is 24.3 Å². The molecule has 94 valence electrons. The van der Waals surface area contributed by atoms with Crippen LogP contribution in [0.3, 0.4) is 0 Å². The number of carbonyl (C=O) groups is 1. The van der Waals surface area contributed by atoms with Crippen molar-refractivity contribution in [1.82, 2.24) is 0 Å². The second kappa shape index (κ2) is 6.11. The maximum atomic E-state index is 11.6. The Kier molecular flexibility index (Phi) is 4.73. The van der Waals surface area contributed by atoms with E-state index in [0.29, 0.717) is 20.7 Å². The van der Waals surface area contributed by atoms with Crippen LogP contribution in [0.2, 0.25) is 9.36 Å². The van der Waals surface area contributed by atoms with E-state index in [9.17, 15) is 4.79 Å². The summed E-state index contributed by atoms with van der Waals surface area (Å²) in [6.45, 7) is 1.85. The monoisotopic (exact) mass is 316 g/mol. The number of Topliss-reactive ketones (excluding diaryl/α,β-unsaturated/α-hetero) is 1. The number of thiophene rings is 1. The molecule has 0 bridgehead atoms. The van der Waals surface area contributed by atoms with Gasteiger partial charge in [-0.2, -0.15) is 0 Å². The first-order valence-corrected chi connectivity index (χ1v) is 7.75. The molecular formula is C13H10Cl2OS2. The van der Waals surface area contributed by atoms with Crippen LogP contribution in [0.1, 0.15) is 23.0 Å². The molecule has 0 unspecified atom stereocenters. The summed E-state index contributed by atoms with van der Waals surface area (Å²) in [5.41, 5.74) is 0. The summed E-state index contributed by atoms with van der Waals surface area (Å²) in [5, 5.41) is 0.691. The van der Waals surface area contributed by atoms with E-state index in [1.807, 2.05) is 37.3 Å². The number of hydrogen-bond acceptors (Lipinski definition) is 3. The Morgan fingerprint density at radius 1 is 1.33 bits per heavy atom. The highest BCUT2D eigenvalue weighted by atomic mass is 35.5. The van der Waals surface area contributed by atoms with Crippen LogP contribution in [-0.2, 0) is 0 Å². The molecule has 0 radical (unpaired) electrons. The summed E-state index contributed by atoms with van der Waals surface area (Å²) < 4.78 is 0.650. The normalized spacial score (nSPS) is 10.6. The van der Waals surface area contributed by atoms with E-state index >= 15 is 0 Å². The first kappa shape index (κ1) is 13.9. The van der Waals surface area contributed by atoms with Gasteiger partial charge >= 0.3 is 0 Å². The molecule has 0 atom stereocenters. The third-order valence-corrected chi connectivity index (χ3v) is 5.18. The molecule has 0 aliphatic heterocycles. The SMILES string of the molecule is CCC(=O)c1cc(Sc2cccc(Cl)c2)c(Cl)s1. The van der Waals surface area contributed by atoms with Crippen molar-refractivity contribution in [3.63, 3.8) is 0 Å². The van der Waals surface area contributed by atoms with Crippen LogP contribution in [-0.4, -0.2) is 5.78 Å². The molecule has 0 fully saturated rings. The van der Waals surface area contributed by atoms with E-state index < -0.39 is 0 Å². The van der Waals surface area contributed by atoms with Gasteiger partial charge in [0, 0.05) is 21.2 Å². The number of rotatable bonds is 4. The van der Waals surface area contributed by atoms with Gasteiger partial charge in [0.2, 0.25) is 0 Å². The Bertz CT molecular complexity index is 578. The number of benzene rings is 1. The van der Waals surface area contributed by atoms with Crippen molar-refractivity contribution in [2.75, 3.05) is 0 Å². The van der Waals surface area contributed by atoms with Gasteiger partial charge in [-0.3, -0.25) is 4.79 Å². The first-order valence-electron chi connectivity index (χ1n) is 5.36. The molecule has 2 aromatic rings. The molecule has 0 N–H and O–H groups in total. The van der Waals surface area contributed by atoms with Gasteiger partial charge in [-0.25, -0.2) is 0 Å². The zero-order chi connectivity index (χ0) is 13.1. The second-order valence-corrected chi connectivity index (χ2v) is 6.79. The molecule has 0 spiro atoms. The lowest BCUT2D eigenvalue weighted by atomic mass is 10.3. The van der Waals surface area contributed by atoms with Crippen LogP contribution in [0.4, 0.5) is 0 Å². The lowest BCUT2D eigenvalue weighted by molar-refractivity contribution is 0.0992. The van der Waals surface area contributed by atoms with Crippen molar-refractivity contribution in [3.05, 3.63) is 44.6 Å². The molecule has 0 amide bonds. The van der Waals surface area contributed by atoms with E-state index in [1.165, 1.54) is 23.1 Å². The standard InChI is InChI=1S/C13H10Cl2OS2/c1-2-10(16)11-7-12(13(15)18-11)17-9-5-3-4-8(14)6-9/h3-7H,2H2,1H3. The van der Waals surface area contributed by atoms with E-state index in [2.05, 4.69) is 0 Å².